The molecule has 9 heteroatoms. The van der Waals surface area contributed by atoms with Crippen LogP contribution in [0.2, 0.25) is 0 Å². The molecule has 2 bridgehead atoms. The number of nitrogens with zero attached hydrogens (tertiary/aromatic N) is 1. The van der Waals surface area contributed by atoms with Crippen LogP contribution in [0, 0.1) is 11.8 Å². The molecule has 3 saturated heterocycles. The van der Waals surface area contributed by atoms with Gasteiger partial charge in [-0.05, 0) is 40.5 Å². The second kappa shape index (κ2) is 11.7. The molecule has 1 spiro atoms. The van der Waals surface area contributed by atoms with E-state index in [4.69, 9.17) is 0 Å². The molecule has 3 amide bonds. The minimum absolute atomic E-state index is 0.0516. The zero-order valence-electron chi connectivity index (χ0n) is 23.8. The molecule has 0 aliphatic carbocycles. The normalized spacial score (nSPS) is 27.7. The summed E-state index contributed by atoms with van der Waals surface area (Å²) in [5, 5.41) is 18.8. The summed E-state index contributed by atoms with van der Waals surface area (Å²) in [5.41, 5.74) is 2.34. The number of rotatable bonds is 8. The Kier molecular flexibility index (Phi) is 7.72. The van der Waals surface area contributed by atoms with Crippen molar-refractivity contribution in [1.82, 2.24) is 10.2 Å². The number of benzene rings is 4. The molecule has 3 aliphatic heterocycles. The molecule has 4 aromatic rings. The Bertz CT molecular complexity index is 1720. The van der Waals surface area contributed by atoms with Crippen LogP contribution in [0.1, 0.15) is 23.6 Å². The lowest BCUT2D eigenvalue weighted by atomic mass is 9.70. The van der Waals surface area contributed by atoms with E-state index in [0.717, 1.165) is 21.9 Å². The van der Waals surface area contributed by atoms with Gasteiger partial charge in [0, 0.05) is 22.3 Å². The number of aliphatic hydroxyl groups excluding tert-OH is 1. The highest BCUT2D eigenvalue weighted by Gasteiger charge is 2.76. The molecule has 3 heterocycles. The summed E-state index contributed by atoms with van der Waals surface area (Å²) < 4.78 is -0.839. The van der Waals surface area contributed by atoms with E-state index in [1.165, 1.54) is 0 Å². The van der Waals surface area contributed by atoms with E-state index in [-0.39, 0.29) is 34.4 Å². The summed E-state index contributed by atoms with van der Waals surface area (Å²) in [4.78, 5) is 44.5. The maximum atomic E-state index is 14.6. The number of nitrogens with one attached hydrogen (secondary N) is 2. The molecular weight excluding hydrogens is 638 g/mol. The number of hydrogen-bond donors (Lipinski definition) is 3. The first-order chi connectivity index (χ1) is 21.4. The number of halogens is 1. The van der Waals surface area contributed by atoms with E-state index < -0.39 is 28.7 Å². The van der Waals surface area contributed by atoms with Gasteiger partial charge in [0.2, 0.25) is 17.7 Å². The topological polar surface area (TPSA) is 98.7 Å². The van der Waals surface area contributed by atoms with Gasteiger partial charge in [-0.2, -0.15) is 0 Å². The van der Waals surface area contributed by atoms with Crippen molar-refractivity contribution in [3.63, 3.8) is 0 Å². The third kappa shape index (κ3) is 4.82. The number of fused-ring (bicyclic) bond motifs is 2. The van der Waals surface area contributed by atoms with Crippen LogP contribution in [0.25, 0.3) is 10.8 Å². The predicted molar refractivity (Wildman–Crippen MR) is 176 cm³/mol. The van der Waals surface area contributed by atoms with E-state index in [1.54, 1.807) is 16.7 Å². The monoisotopic (exact) mass is 669 g/mol. The quantitative estimate of drug-likeness (QED) is 0.222. The van der Waals surface area contributed by atoms with E-state index in [2.05, 4.69) is 26.6 Å². The first-order valence-corrected chi connectivity index (χ1v) is 16.6. The number of aliphatic hydroxyl groups is 1. The molecular formula is C35H32BrN3O4S. The van der Waals surface area contributed by atoms with Gasteiger partial charge < -0.3 is 20.6 Å². The zero-order valence-corrected chi connectivity index (χ0v) is 26.2. The van der Waals surface area contributed by atoms with Crippen molar-refractivity contribution in [3.8, 4) is 0 Å². The second-order valence-electron chi connectivity index (χ2n) is 11.8. The first-order valence-electron chi connectivity index (χ1n) is 14.8. The fourth-order valence-corrected chi connectivity index (χ4v) is 11.0. The van der Waals surface area contributed by atoms with Crippen molar-refractivity contribution in [3.05, 3.63) is 114 Å². The molecule has 7 nitrogen and oxygen atoms in total. The van der Waals surface area contributed by atoms with Crippen LogP contribution in [0.5, 0.6) is 0 Å². The van der Waals surface area contributed by atoms with Crippen molar-refractivity contribution in [1.29, 1.82) is 0 Å². The molecule has 0 radical (unpaired) electrons. The number of carbonyl (C=O) groups excluding carboxylic acids is 3. The molecule has 4 aromatic carbocycles. The largest absolute Gasteiger partial charge is 0.394 e. The van der Waals surface area contributed by atoms with Crippen LogP contribution in [0.15, 0.2) is 103 Å². The molecule has 3 aliphatic rings. The molecule has 0 saturated carbocycles. The molecule has 7 rings (SSSR count). The Hall–Kier alpha value is -3.66. The second-order valence-corrected chi connectivity index (χ2v) is 14.5. The van der Waals surface area contributed by atoms with Gasteiger partial charge in [0.05, 0.1) is 29.2 Å². The van der Waals surface area contributed by atoms with E-state index in [1.807, 2.05) is 103 Å². The zero-order chi connectivity index (χ0) is 30.4. The minimum atomic E-state index is -0.897. The number of likely N-dealkylation sites (tertiary alicyclic amines) is 1. The van der Waals surface area contributed by atoms with E-state index in [9.17, 15) is 19.5 Å². The van der Waals surface area contributed by atoms with E-state index >= 15 is 0 Å². The van der Waals surface area contributed by atoms with Gasteiger partial charge in [0.1, 0.15) is 6.04 Å². The summed E-state index contributed by atoms with van der Waals surface area (Å²) in [6.07, 6.45) is 0.556. The Morgan fingerprint density at radius 1 is 0.932 bits per heavy atom. The van der Waals surface area contributed by atoms with Gasteiger partial charge in [0.25, 0.3) is 0 Å². The van der Waals surface area contributed by atoms with Gasteiger partial charge in [-0.3, -0.25) is 14.4 Å². The first kappa shape index (κ1) is 29.1. The fourth-order valence-electron chi connectivity index (χ4n) is 7.41. The maximum absolute atomic E-state index is 14.6. The molecule has 44 heavy (non-hydrogen) atoms. The number of amides is 3. The predicted octanol–water partition coefficient (Wildman–Crippen LogP) is 5.29. The summed E-state index contributed by atoms with van der Waals surface area (Å²) in [7, 11) is 0. The van der Waals surface area contributed by atoms with Crippen molar-refractivity contribution in [2.24, 2.45) is 11.8 Å². The summed E-state index contributed by atoms with van der Waals surface area (Å²) >= 11 is 5.41. The van der Waals surface area contributed by atoms with Gasteiger partial charge in [-0.15, -0.1) is 11.8 Å². The lowest BCUT2D eigenvalue weighted by Gasteiger charge is -2.37. The van der Waals surface area contributed by atoms with Crippen molar-refractivity contribution < 1.29 is 19.5 Å². The van der Waals surface area contributed by atoms with Gasteiger partial charge >= 0.3 is 0 Å². The molecule has 3 fully saturated rings. The summed E-state index contributed by atoms with van der Waals surface area (Å²) in [5.74, 6) is -2.09. The SMILES string of the molecule is O=C(Nc1ccc2ccccc2c1)C1N([C@H](CO)c2ccccc2)C(=O)[C@@H]2[C@@H](C(=O)NCc3ccccc3)[C@@H]3SC12CC3Br. The van der Waals surface area contributed by atoms with Gasteiger partial charge in [0.15, 0.2) is 0 Å². The molecule has 224 valence electrons. The van der Waals surface area contributed by atoms with Crippen molar-refractivity contribution >= 4 is 61.9 Å². The molecule has 0 aromatic heterocycles. The Morgan fingerprint density at radius 3 is 2.34 bits per heavy atom. The Morgan fingerprint density at radius 2 is 1.61 bits per heavy atom. The number of thioether (sulfide) groups is 1. The number of alkyl halides is 1. The lowest BCUT2D eigenvalue weighted by Crippen LogP contribution is -2.53. The Labute approximate surface area is 268 Å². The van der Waals surface area contributed by atoms with Gasteiger partial charge in [-0.1, -0.05) is 107 Å². The average molecular weight is 671 g/mol. The van der Waals surface area contributed by atoms with Crippen molar-refractivity contribution in [2.75, 3.05) is 11.9 Å². The Balaban J connectivity index is 1.26. The molecule has 3 unspecified atom stereocenters. The minimum Gasteiger partial charge on any atom is -0.394 e. The third-order valence-corrected chi connectivity index (χ3v) is 12.5. The van der Waals surface area contributed by atoms with E-state index in [0.29, 0.717) is 18.7 Å². The number of hydrogen-bond acceptors (Lipinski definition) is 5. The van der Waals surface area contributed by atoms with Gasteiger partial charge in [-0.25, -0.2) is 0 Å². The third-order valence-electron chi connectivity index (χ3n) is 9.30. The number of carbonyl (C=O) groups is 3. The average Bonchev–Trinajstić information content (AvgIpc) is 3.64. The highest BCUT2D eigenvalue weighted by molar-refractivity contribution is 9.09. The highest BCUT2D eigenvalue weighted by atomic mass is 79.9. The smallest absolute Gasteiger partial charge is 0.248 e. The lowest BCUT2D eigenvalue weighted by molar-refractivity contribution is -0.142. The van der Waals surface area contributed by atoms with Crippen LogP contribution in [0.4, 0.5) is 5.69 Å². The summed E-state index contributed by atoms with van der Waals surface area (Å²) in [6.45, 7) is 0.00229. The fraction of sp³-hybridized carbons (Fsp3) is 0.286. The van der Waals surface area contributed by atoms with Crippen LogP contribution in [-0.2, 0) is 20.9 Å². The molecule has 3 N–H and O–H groups in total. The standard InChI is InChI=1S/C35H32BrN3O4S/c36-26-18-35-29(28(30(26)44-35)32(41)37-19-21-9-3-1-4-10-21)34(43)39(27(20-40)23-12-5-2-6-13-23)31(35)33(42)38-25-16-15-22-11-7-8-14-24(22)17-25/h1-17,26-31,40H,18-20H2,(H,37,41)(H,38,42)/t26?,27-,28-,29+,30-,31?,35?/m1/s1. The van der Waals surface area contributed by atoms with Crippen LogP contribution >= 0.6 is 27.7 Å². The van der Waals surface area contributed by atoms with Crippen LogP contribution in [-0.4, -0.2) is 55.2 Å². The summed E-state index contributed by atoms with van der Waals surface area (Å²) in [6, 6.07) is 31.0. The maximum Gasteiger partial charge on any atom is 0.248 e. The highest BCUT2D eigenvalue weighted by Crippen LogP contribution is 2.68. The number of anilines is 1. The van der Waals surface area contributed by atoms with Crippen molar-refractivity contribution in [2.45, 2.75) is 39.9 Å². The van der Waals surface area contributed by atoms with Crippen LogP contribution in [0.3, 0.4) is 0 Å². The molecule has 7 atom stereocenters. The van der Waals surface area contributed by atoms with Crippen LogP contribution < -0.4 is 10.6 Å².